The van der Waals surface area contributed by atoms with E-state index in [9.17, 15) is 18.0 Å². The monoisotopic (exact) mass is 481 g/mol. The number of anilines is 1. The number of ether oxygens (including phenoxy) is 1. The molecule has 0 radical (unpaired) electrons. The van der Waals surface area contributed by atoms with Crippen molar-refractivity contribution in [3.8, 4) is 17.0 Å². The van der Waals surface area contributed by atoms with Gasteiger partial charge < -0.3 is 14.6 Å². The number of hydrogen-bond donors (Lipinski definition) is 1. The Balaban J connectivity index is 1.57. The largest absolute Gasteiger partial charge is 0.482 e. The van der Waals surface area contributed by atoms with Crippen molar-refractivity contribution in [1.29, 1.82) is 0 Å². The molecule has 0 unspecified atom stereocenters. The van der Waals surface area contributed by atoms with Crippen LogP contribution in [0.5, 0.6) is 5.75 Å². The number of aromatic nitrogens is 1. The van der Waals surface area contributed by atoms with Crippen LogP contribution in [0.1, 0.15) is 5.56 Å². The third kappa shape index (κ3) is 4.60. The number of hydrogen-bond acceptors (Lipinski definition) is 4. The van der Waals surface area contributed by atoms with Crippen molar-refractivity contribution in [2.45, 2.75) is 13.0 Å². The Morgan fingerprint density at radius 3 is 2.59 bits per heavy atom. The highest BCUT2D eigenvalue weighted by atomic mass is 32.1. The highest BCUT2D eigenvalue weighted by Crippen LogP contribution is 2.33. The maximum atomic E-state index is 14.3. The minimum absolute atomic E-state index is 0.0245. The van der Waals surface area contributed by atoms with Gasteiger partial charge in [-0.3, -0.25) is 4.79 Å². The standard InChI is InChI=1S/C25H18F3N3O2S/c26-17-4-1-15(2-5-17)9-10-31-22(16-3-8-23-21(11-16)29-24(32)13-33-23)14-34-25(31)30-20-7-6-18(27)12-19(20)28/h1-8,11-12,14H,9-10,13H2,(H,29,32). The zero-order valence-corrected chi connectivity index (χ0v) is 18.5. The number of nitrogens with zero attached hydrogens (tertiary/aromatic N) is 2. The number of amides is 1. The van der Waals surface area contributed by atoms with E-state index in [1.165, 1.54) is 29.5 Å². The molecule has 3 aromatic carbocycles. The summed E-state index contributed by atoms with van der Waals surface area (Å²) in [6, 6.07) is 14.9. The molecule has 0 saturated heterocycles. The number of halogens is 3. The number of rotatable bonds is 5. The van der Waals surface area contributed by atoms with Gasteiger partial charge in [0.1, 0.15) is 23.1 Å². The van der Waals surface area contributed by atoms with Gasteiger partial charge in [-0.05, 0) is 54.4 Å². The molecule has 172 valence electrons. The highest BCUT2D eigenvalue weighted by molar-refractivity contribution is 7.07. The topological polar surface area (TPSA) is 55.6 Å². The Bertz CT molecular complexity index is 1440. The van der Waals surface area contributed by atoms with E-state index >= 15 is 0 Å². The summed E-state index contributed by atoms with van der Waals surface area (Å²) in [4.78, 5) is 16.7. The number of fused-ring (bicyclic) bond motifs is 1. The Labute approximate surface area is 196 Å². The van der Waals surface area contributed by atoms with E-state index in [1.807, 2.05) is 22.1 Å². The van der Waals surface area contributed by atoms with Crippen LogP contribution in [-0.2, 0) is 17.8 Å². The molecule has 5 rings (SSSR count). The second kappa shape index (κ2) is 9.18. The maximum Gasteiger partial charge on any atom is 0.262 e. The van der Waals surface area contributed by atoms with E-state index in [1.54, 1.807) is 18.2 Å². The number of carbonyl (C=O) groups is 1. The summed E-state index contributed by atoms with van der Waals surface area (Å²) < 4.78 is 48.3. The zero-order valence-electron chi connectivity index (χ0n) is 17.7. The van der Waals surface area contributed by atoms with Crippen LogP contribution in [0.25, 0.3) is 11.3 Å². The molecule has 1 aromatic heterocycles. The van der Waals surface area contributed by atoms with Gasteiger partial charge in [0.25, 0.3) is 5.91 Å². The smallest absolute Gasteiger partial charge is 0.262 e. The van der Waals surface area contributed by atoms with E-state index in [-0.39, 0.29) is 24.0 Å². The normalized spacial score (nSPS) is 13.4. The van der Waals surface area contributed by atoms with Crippen molar-refractivity contribution in [2.24, 2.45) is 4.99 Å². The molecule has 4 aromatic rings. The van der Waals surface area contributed by atoms with Gasteiger partial charge >= 0.3 is 0 Å². The van der Waals surface area contributed by atoms with Crippen LogP contribution in [0.2, 0.25) is 0 Å². The van der Waals surface area contributed by atoms with Crippen LogP contribution >= 0.6 is 11.3 Å². The first-order valence-electron chi connectivity index (χ1n) is 10.5. The van der Waals surface area contributed by atoms with Gasteiger partial charge in [0.2, 0.25) is 0 Å². The average molecular weight is 481 g/mol. The van der Waals surface area contributed by atoms with Crippen LogP contribution in [-0.4, -0.2) is 17.1 Å². The lowest BCUT2D eigenvalue weighted by Gasteiger charge is -2.19. The van der Waals surface area contributed by atoms with Crippen LogP contribution in [0.3, 0.4) is 0 Å². The van der Waals surface area contributed by atoms with Gasteiger partial charge in [0.15, 0.2) is 17.2 Å². The second-order valence-corrected chi connectivity index (χ2v) is 8.52. The summed E-state index contributed by atoms with van der Waals surface area (Å²) in [5.74, 6) is -1.40. The molecule has 0 saturated carbocycles. The summed E-state index contributed by atoms with van der Waals surface area (Å²) in [5, 5.41) is 4.69. The van der Waals surface area contributed by atoms with E-state index in [2.05, 4.69) is 10.3 Å². The van der Waals surface area contributed by atoms with Gasteiger partial charge in [0.05, 0.1) is 11.4 Å². The van der Waals surface area contributed by atoms with Crippen molar-refractivity contribution in [3.63, 3.8) is 0 Å². The average Bonchev–Trinajstić information content (AvgIpc) is 3.22. The summed E-state index contributed by atoms with van der Waals surface area (Å²) in [6.45, 7) is 0.445. The fourth-order valence-electron chi connectivity index (χ4n) is 3.67. The first-order valence-corrected chi connectivity index (χ1v) is 11.3. The lowest BCUT2D eigenvalue weighted by Crippen LogP contribution is -2.25. The molecule has 0 spiro atoms. The first-order chi connectivity index (χ1) is 16.5. The lowest BCUT2D eigenvalue weighted by molar-refractivity contribution is -0.118. The number of carbonyl (C=O) groups excluding carboxylic acids is 1. The summed E-state index contributed by atoms with van der Waals surface area (Å²) in [6.07, 6.45) is 0.577. The predicted octanol–water partition coefficient (Wildman–Crippen LogP) is 5.44. The van der Waals surface area contributed by atoms with E-state index in [0.29, 0.717) is 29.2 Å². The number of thiazole rings is 1. The van der Waals surface area contributed by atoms with Crippen molar-refractivity contribution in [3.05, 3.63) is 93.9 Å². The maximum absolute atomic E-state index is 14.3. The molecule has 9 heteroatoms. The van der Waals surface area contributed by atoms with Gasteiger partial charge in [-0.25, -0.2) is 18.2 Å². The molecule has 1 N–H and O–H groups in total. The Morgan fingerprint density at radius 2 is 1.79 bits per heavy atom. The quantitative estimate of drug-likeness (QED) is 0.413. The molecular weight excluding hydrogens is 463 g/mol. The third-order valence-electron chi connectivity index (χ3n) is 5.37. The third-order valence-corrected chi connectivity index (χ3v) is 6.23. The molecule has 34 heavy (non-hydrogen) atoms. The fourth-order valence-corrected chi connectivity index (χ4v) is 4.62. The van der Waals surface area contributed by atoms with Crippen molar-refractivity contribution < 1.29 is 22.7 Å². The van der Waals surface area contributed by atoms with Crippen LogP contribution in [0.4, 0.5) is 24.5 Å². The Kier molecular flexibility index (Phi) is 5.93. The molecule has 0 bridgehead atoms. The summed E-state index contributed by atoms with van der Waals surface area (Å²) in [5.41, 5.74) is 3.12. The van der Waals surface area contributed by atoms with Gasteiger partial charge in [-0.2, -0.15) is 0 Å². The minimum Gasteiger partial charge on any atom is -0.482 e. The van der Waals surface area contributed by atoms with Gasteiger partial charge in [-0.1, -0.05) is 12.1 Å². The van der Waals surface area contributed by atoms with E-state index in [0.717, 1.165) is 29.0 Å². The van der Waals surface area contributed by atoms with Crippen molar-refractivity contribution in [2.75, 3.05) is 11.9 Å². The number of aryl methyl sites for hydroxylation is 1. The fraction of sp³-hybridized carbons (Fsp3) is 0.120. The zero-order chi connectivity index (χ0) is 23.7. The number of benzene rings is 3. The first kappa shape index (κ1) is 22.0. The molecule has 2 heterocycles. The van der Waals surface area contributed by atoms with Crippen LogP contribution in [0, 0.1) is 17.5 Å². The molecule has 5 nitrogen and oxygen atoms in total. The summed E-state index contributed by atoms with van der Waals surface area (Å²) >= 11 is 1.31. The predicted molar refractivity (Wildman–Crippen MR) is 124 cm³/mol. The van der Waals surface area contributed by atoms with Gasteiger partial charge in [0, 0.05) is 23.6 Å². The van der Waals surface area contributed by atoms with Crippen LogP contribution in [0.15, 0.2) is 71.0 Å². The Hall–Kier alpha value is -3.85. The van der Waals surface area contributed by atoms with Crippen molar-refractivity contribution >= 4 is 28.6 Å². The second-order valence-electron chi connectivity index (χ2n) is 7.69. The van der Waals surface area contributed by atoms with Crippen molar-refractivity contribution in [1.82, 2.24) is 4.57 Å². The minimum atomic E-state index is -0.756. The lowest BCUT2D eigenvalue weighted by atomic mass is 10.1. The molecule has 0 atom stereocenters. The molecule has 0 aliphatic carbocycles. The Morgan fingerprint density at radius 1 is 1.00 bits per heavy atom. The molecule has 0 fully saturated rings. The molecule has 1 aliphatic heterocycles. The van der Waals surface area contributed by atoms with Crippen LogP contribution < -0.4 is 14.9 Å². The molecular formula is C25H18F3N3O2S. The van der Waals surface area contributed by atoms with E-state index in [4.69, 9.17) is 4.74 Å². The summed E-state index contributed by atoms with van der Waals surface area (Å²) in [7, 11) is 0. The highest BCUT2D eigenvalue weighted by Gasteiger charge is 2.18. The molecule has 1 amide bonds. The SMILES string of the molecule is O=C1COc2ccc(-c3csc(=Nc4ccc(F)cc4F)n3CCc3ccc(F)cc3)cc2N1. The number of nitrogens with one attached hydrogen (secondary N) is 1. The molecule has 1 aliphatic rings. The van der Waals surface area contributed by atoms with Gasteiger partial charge in [-0.15, -0.1) is 11.3 Å². The van der Waals surface area contributed by atoms with E-state index < -0.39 is 11.6 Å².